The lowest BCUT2D eigenvalue weighted by molar-refractivity contribution is 0.317. The van der Waals surface area contributed by atoms with Crippen LogP contribution in [0.2, 0.25) is 0 Å². The minimum atomic E-state index is -2.86. The molecule has 0 heterocycles. The fourth-order valence-electron chi connectivity index (χ4n) is 3.11. The van der Waals surface area contributed by atoms with Crippen LogP contribution in [0.5, 0.6) is 0 Å². The van der Waals surface area contributed by atoms with Crippen LogP contribution in [0.3, 0.4) is 0 Å². The molecule has 0 amide bonds. The van der Waals surface area contributed by atoms with Crippen molar-refractivity contribution >= 4 is 9.84 Å². The van der Waals surface area contributed by atoms with Crippen molar-refractivity contribution in [2.24, 2.45) is 5.92 Å². The van der Waals surface area contributed by atoms with Crippen molar-refractivity contribution in [3.8, 4) is 0 Å². The van der Waals surface area contributed by atoms with Gasteiger partial charge in [-0.25, -0.2) is 8.42 Å². The Bertz CT molecular complexity index is 539. The van der Waals surface area contributed by atoms with Crippen LogP contribution in [-0.4, -0.2) is 26.5 Å². The van der Waals surface area contributed by atoms with Gasteiger partial charge in [-0.1, -0.05) is 38.1 Å². The van der Waals surface area contributed by atoms with Crippen molar-refractivity contribution in [3.63, 3.8) is 0 Å². The Morgan fingerprint density at radius 1 is 1.25 bits per heavy atom. The maximum absolute atomic E-state index is 11.7. The zero-order valence-corrected chi connectivity index (χ0v) is 13.2. The van der Waals surface area contributed by atoms with Crippen molar-refractivity contribution in [1.82, 2.24) is 5.32 Å². The number of rotatable bonds is 6. The standard InChI is InChI=1S/C16H25NO2S/c1-3-17-16-14(11-12-20(18,19)4-2)10-9-13-7-5-6-8-15(13)16/h5-8,14,16-17H,3-4,9-12H2,1-2H3. The SMILES string of the molecule is CCNC1c2ccccc2CCC1CCS(=O)(=O)CC. The topological polar surface area (TPSA) is 46.2 Å². The van der Waals surface area contributed by atoms with Crippen molar-refractivity contribution in [2.75, 3.05) is 18.1 Å². The highest BCUT2D eigenvalue weighted by molar-refractivity contribution is 7.91. The zero-order valence-electron chi connectivity index (χ0n) is 12.4. The molecule has 1 aromatic carbocycles. The van der Waals surface area contributed by atoms with Crippen molar-refractivity contribution < 1.29 is 8.42 Å². The van der Waals surface area contributed by atoms with Gasteiger partial charge in [0.25, 0.3) is 0 Å². The molecule has 1 aliphatic carbocycles. The van der Waals surface area contributed by atoms with E-state index in [1.807, 2.05) is 0 Å². The quantitative estimate of drug-likeness (QED) is 0.878. The van der Waals surface area contributed by atoms with Crippen LogP contribution < -0.4 is 5.32 Å². The summed E-state index contributed by atoms with van der Waals surface area (Å²) >= 11 is 0. The Balaban J connectivity index is 2.14. The largest absolute Gasteiger partial charge is 0.310 e. The summed E-state index contributed by atoms with van der Waals surface area (Å²) in [4.78, 5) is 0. The monoisotopic (exact) mass is 295 g/mol. The number of hydrogen-bond acceptors (Lipinski definition) is 3. The molecule has 112 valence electrons. The summed E-state index contributed by atoms with van der Waals surface area (Å²) in [6, 6.07) is 8.84. The molecule has 0 aliphatic heterocycles. The first kappa shape index (κ1) is 15.5. The van der Waals surface area contributed by atoms with Crippen LogP contribution in [0.15, 0.2) is 24.3 Å². The average molecular weight is 295 g/mol. The molecule has 2 atom stereocenters. The van der Waals surface area contributed by atoms with Gasteiger partial charge in [-0.2, -0.15) is 0 Å². The molecule has 0 bridgehead atoms. The van der Waals surface area contributed by atoms with Crippen LogP contribution in [-0.2, 0) is 16.3 Å². The number of sulfone groups is 1. The fourth-order valence-corrected chi connectivity index (χ4v) is 4.06. The minimum absolute atomic E-state index is 0.252. The van der Waals surface area contributed by atoms with Gasteiger partial charge < -0.3 is 5.32 Å². The van der Waals surface area contributed by atoms with Crippen molar-refractivity contribution in [1.29, 1.82) is 0 Å². The third kappa shape index (κ3) is 3.61. The molecule has 1 aromatic rings. The molecule has 2 rings (SSSR count). The maximum Gasteiger partial charge on any atom is 0.150 e. The van der Waals surface area contributed by atoms with Gasteiger partial charge in [-0.15, -0.1) is 0 Å². The van der Waals surface area contributed by atoms with Gasteiger partial charge in [0, 0.05) is 11.8 Å². The van der Waals surface area contributed by atoms with E-state index >= 15 is 0 Å². The second kappa shape index (κ2) is 6.72. The molecular weight excluding hydrogens is 270 g/mol. The van der Waals surface area contributed by atoms with Gasteiger partial charge >= 0.3 is 0 Å². The molecule has 3 nitrogen and oxygen atoms in total. The van der Waals surface area contributed by atoms with E-state index in [-0.39, 0.29) is 5.75 Å². The molecule has 0 fully saturated rings. The summed E-state index contributed by atoms with van der Waals surface area (Å²) in [7, 11) is -2.86. The predicted octanol–water partition coefficient (Wildman–Crippen LogP) is 2.72. The van der Waals surface area contributed by atoms with Gasteiger partial charge in [0.05, 0.1) is 5.75 Å². The molecule has 2 unspecified atom stereocenters. The van der Waals surface area contributed by atoms with Crippen molar-refractivity contribution in [2.45, 2.75) is 39.2 Å². The van der Waals surface area contributed by atoms with Crippen LogP contribution >= 0.6 is 0 Å². The van der Waals surface area contributed by atoms with E-state index in [1.165, 1.54) is 11.1 Å². The normalized spacial score (nSPS) is 22.5. The molecule has 0 radical (unpaired) electrons. The van der Waals surface area contributed by atoms with Crippen LogP contribution in [0.4, 0.5) is 0 Å². The van der Waals surface area contributed by atoms with E-state index in [1.54, 1.807) is 6.92 Å². The number of hydrogen-bond donors (Lipinski definition) is 1. The highest BCUT2D eigenvalue weighted by Gasteiger charge is 2.29. The van der Waals surface area contributed by atoms with E-state index < -0.39 is 9.84 Å². The van der Waals surface area contributed by atoms with E-state index in [0.29, 0.717) is 17.7 Å². The summed E-state index contributed by atoms with van der Waals surface area (Å²) in [6.07, 6.45) is 2.91. The van der Waals surface area contributed by atoms with E-state index in [2.05, 4.69) is 36.5 Å². The Hall–Kier alpha value is -0.870. The first-order valence-electron chi connectivity index (χ1n) is 7.59. The van der Waals surface area contributed by atoms with Crippen LogP contribution in [0.25, 0.3) is 0 Å². The number of benzene rings is 1. The maximum atomic E-state index is 11.7. The average Bonchev–Trinajstić information content (AvgIpc) is 2.46. The van der Waals surface area contributed by atoms with E-state index in [4.69, 9.17) is 0 Å². The lowest BCUT2D eigenvalue weighted by Gasteiger charge is -2.34. The molecule has 0 spiro atoms. The van der Waals surface area contributed by atoms with Gasteiger partial charge in [-0.3, -0.25) is 0 Å². The second-order valence-corrected chi connectivity index (χ2v) is 8.03. The number of fused-ring (bicyclic) bond motifs is 1. The molecule has 0 saturated heterocycles. The Morgan fingerprint density at radius 3 is 2.70 bits per heavy atom. The molecule has 4 heteroatoms. The highest BCUT2D eigenvalue weighted by atomic mass is 32.2. The molecule has 1 aliphatic rings. The third-order valence-corrected chi connectivity index (χ3v) is 6.05. The fraction of sp³-hybridized carbons (Fsp3) is 0.625. The third-order valence-electron chi connectivity index (χ3n) is 4.31. The summed E-state index contributed by atoms with van der Waals surface area (Å²) in [5.41, 5.74) is 2.77. The number of nitrogens with one attached hydrogen (secondary N) is 1. The van der Waals surface area contributed by atoms with Gasteiger partial charge in [-0.05, 0) is 42.9 Å². The van der Waals surface area contributed by atoms with E-state index in [0.717, 1.165) is 25.8 Å². The second-order valence-electron chi connectivity index (χ2n) is 5.56. The Labute approximate surface area is 122 Å². The lowest BCUT2D eigenvalue weighted by Crippen LogP contribution is -2.33. The first-order valence-corrected chi connectivity index (χ1v) is 9.41. The zero-order chi connectivity index (χ0) is 14.6. The van der Waals surface area contributed by atoms with Gasteiger partial charge in [0.2, 0.25) is 0 Å². The Morgan fingerprint density at radius 2 is 2.00 bits per heavy atom. The molecule has 0 aromatic heterocycles. The van der Waals surface area contributed by atoms with Gasteiger partial charge in [0.1, 0.15) is 9.84 Å². The summed E-state index contributed by atoms with van der Waals surface area (Å²) in [6.45, 7) is 4.75. The van der Waals surface area contributed by atoms with E-state index in [9.17, 15) is 8.42 Å². The molecule has 0 saturated carbocycles. The minimum Gasteiger partial charge on any atom is -0.310 e. The molecular formula is C16H25NO2S. The van der Waals surface area contributed by atoms with Crippen LogP contribution in [0, 0.1) is 5.92 Å². The predicted molar refractivity (Wildman–Crippen MR) is 83.6 cm³/mol. The molecule has 20 heavy (non-hydrogen) atoms. The first-order chi connectivity index (χ1) is 9.57. The summed E-state index contributed by atoms with van der Waals surface area (Å²) in [5, 5.41) is 3.55. The van der Waals surface area contributed by atoms with Crippen LogP contribution in [0.1, 0.15) is 43.9 Å². The van der Waals surface area contributed by atoms with Gasteiger partial charge in [0.15, 0.2) is 0 Å². The highest BCUT2D eigenvalue weighted by Crippen LogP contribution is 2.36. The summed E-state index contributed by atoms with van der Waals surface area (Å²) in [5.74, 6) is 0.992. The molecule has 1 N–H and O–H groups in total. The summed E-state index contributed by atoms with van der Waals surface area (Å²) < 4.78 is 23.5. The smallest absolute Gasteiger partial charge is 0.150 e. The van der Waals surface area contributed by atoms with Crippen molar-refractivity contribution in [3.05, 3.63) is 35.4 Å². The lowest BCUT2D eigenvalue weighted by atomic mass is 9.78. The Kier molecular flexibility index (Phi) is 5.22. The number of aryl methyl sites for hydroxylation is 1.